The van der Waals surface area contributed by atoms with Crippen molar-refractivity contribution >= 4 is 15.7 Å². The molecule has 0 saturated heterocycles. The topological polar surface area (TPSA) is 78.0 Å². The molecule has 0 fully saturated rings. The van der Waals surface area contributed by atoms with E-state index in [1.807, 2.05) is 0 Å². The van der Waals surface area contributed by atoms with Gasteiger partial charge in [0, 0.05) is 24.4 Å². The third kappa shape index (κ3) is 1.97. The van der Waals surface area contributed by atoms with Crippen molar-refractivity contribution < 1.29 is 12.8 Å². The maximum atomic E-state index is 13.7. The molecule has 5 nitrogen and oxygen atoms in total. The van der Waals surface area contributed by atoms with Crippen LogP contribution in [0.15, 0.2) is 29.3 Å². The molecule has 2 N–H and O–H groups in total. The number of benzene rings is 1. The van der Waals surface area contributed by atoms with Crippen LogP contribution in [0.25, 0.3) is 11.1 Å². The summed E-state index contributed by atoms with van der Waals surface area (Å²) in [5.74, 6) is -0.510. The Morgan fingerprint density at radius 3 is 2.50 bits per heavy atom. The summed E-state index contributed by atoms with van der Waals surface area (Å²) in [7, 11) is -2.06. The molecule has 0 spiro atoms. The number of anilines is 1. The van der Waals surface area contributed by atoms with Crippen LogP contribution < -0.4 is 5.73 Å². The molecule has 0 aliphatic heterocycles. The van der Waals surface area contributed by atoms with Crippen molar-refractivity contribution in [2.24, 2.45) is 7.05 Å². The number of nitrogen functional groups attached to an aromatic ring is 1. The van der Waals surface area contributed by atoms with Crippen LogP contribution in [0.1, 0.15) is 0 Å². The summed E-state index contributed by atoms with van der Waals surface area (Å²) in [5.41, 5.74) is 6.41. The highest BCUT2D eigenvalue weighted by atomic mass is 32.2. The van der Waals surface area contributed by atoms with Crippen molar-refractivity contribution in [1.29, 1.82) is 0 Å². The van der Waals surface area contributed by atoms with Gasteiger partial charge in [0.2, 0.25) is 0 Å². The Hall–Kier alpha value is -1.89. The van der Waals surface area contributed by atoms with Gasteiger partial charge in [-0.3, -0.25) is 4.68 Å². The Morgan fingerprint density at radius 1 is 1.33 bits per heavy atom. The zero-order valence-corrected chi connectivity index (χ0v) is 10.7. The minimum absolute atomic E-state index is 0.225. The third-order valence-corrected chi connectivity index (χ3v) is 3.77. The van der Waals surface area contributed by atoms with Crippen molar-refractivity contribution in [3.63, 3.8) is 0 Å². The van der Waals surface area contributed by atoms with Gasteiger partial charge in [0.1, 0.15) is 16.5 Å². The molecule has 0 atom stereocenters. The van der Waals surface area contributed by atoms with Crippen molar-refractivity contribution in [3.05, 3.63) is 30.2 Å². The molecule has 0 saturated carbocycles. The molecule has 96 valence electrons. The van der Waals surface area contributed by atoms with Crippen LogP contribution in [0.5, 0.6) is 0 Å². The molecule has 1 aromatic carbocycles. The third-order valence-electron chi connectivity index (χ3n) is 2.61. The van der Waals surface area contributed by atoms with Gasteiger partial charge in [0.15, 0.2) is 9.84 Å². The van der Waals surface area contributed by atoms with Crippen molar-refractivity contribution in [1.82, 2.24) is 9.78 Å². The molecule has 1 heterocycles. The standard InChI is InChI=1S/C11H12FN3O2S/c1-15-11(13)8(6-14-15)7-4-3-5-9(12)10(7)18(2,16)17/h3-6H,13H2,1-2H3. The number of hydrogen-bond donors (Lipinski definition) is 1. The van der Waals surface area contributed by atoms with Crippen LogP contribution in [0, 0.1) is 5.82 Å². The molecule has 2 aromatic rings. The van der Waals surface area contributed by atoms with Gasteiger partial charge in [0.25, 0.3) is 0 Å². The van der Waals surface area contributed by atoms with Gasteiger partial charge < -0.3 is 5.73 Å². The fourth-order valence-corrected chi connectivity index (χ4v) is 2.75. The minimum Gasteiger partial charge on any atom is -0.383 e. The second-order valence-corrected chi connectivity index (χ2v) is 5.91. The number of nitrogens with two attached hydrogens (primary N) is 1. The molecule has 0 aliphatic carbocycles. The van der Waals surface area contributed by atoms with Crippen molar-refractivity contribution in [3.8, 4) is 11.1 Å². The predicted molar refractivity (Wildman–Crippen MR) is 66.1 cm³/mol. The van der Waals surface area contributed by atoms with E-state index in [2.05, 4.69) is 5.10 Å². The largest absolute Gasteiger partial charge is 0.383 e. The molecule has 0 aliphatic rings. The zero-order chi connectivity index (χ0) is 13.5. The van der Waals surface area contributed by atoms with Crippen LogP contribution in [-0.4, -0.2) is 24.5 Å². The average molecular weight is 269 g/mol. The maximum absolute atomic E-state index is 13.7. The van der Waals surface area contributed by atoms with Gasteiger partial charge in [0.05, 0.1) is 6.20 Å². The highest BCUT2D eigenvalue weighted by molar-refractivity contribution is 7.90. The van der Waals surface area contributed by atoms with E-state index in [-0.39, 0.29) is 16.3 Å². The minimum atomic E-state index is -3.69. The van der Waals surface area contributed by atoms with Gasteiger partial charge in [-0.25, -0.2) is 12.8 Å². The van der Waals surface area contributed by atoms with E-state index in [9.17, 15) is 12.8 Å². The molecule has 18 heavy (non-hydrogen) atoms. The number of halogens is 1. The number of rotatable bonds is 2. The summed E-state index contributed by atoms with van der Waals surface area (Å²) >= 11 is 0. The highest BCUT2D eigenvalue weighted by Crippen LogP contribution is 2.32. The van der Waals surface area contributed by atoms with E-state index in [0.717, 1.165) is 12.3 Å². The van der Waals surface area contributed by atoms with E-state index in [1.54, 1.807) is 7.05 Å². The molecule has 0 unspecified atom stereocenters. The lowest BCUT2D eigenvalue weighted by Crippen LogP contribution is -2.04. The summed E-state index contributed by atoms with van der Waals surface area (Å²) in [6.07, 6.45) is 2.38. The second-order valence-electron chi connectivity index (χ2n) is 3.96. The van der Waals surface area contributed by atoms with Crippen molar-refractivity contribution in [2.45, 2.75) is 4.90 Å². The Kier molecular flexibility index (Phi) is 2.86. The van der Waals surface area contributed by atoms with Crippen LogP contribution in [0.3, 0.4) is 0 Å². The van der Waals surface area contributed by atoms with Gasteiger partial charge in [-0.1, -0.05) is 12.1 Å². The normalized spacial score (nSPS) is 11.7. The fourth-order valence-electron chi connectivity index (χ4n) is 1.75. The number of aromatic nitrogens is 2. The van der Waals surface area contributed by atoms with Crippen LogP contribution in [-0.2, 0) is 16.9 Å². The lowest BCUT2D eigenvalue weighted by Gasteiger charge is -2.08. The predicted octanol–water partition coefficient (Wildman–Crippen LogP) is 1.21. The number of aryl methyl sites for hydroxylation is 1. The summed E-state index contributed by atoms with van der Waals surface area (Å²) in [4.78, 5) is -0.357. The van der Waals surface area contributed by atoms with Gasteiger partial charge in [-0.2, -0.15) is 5.10 Å². The van der Waals surface area contributed by atoms with E-state index < -0.39 is 15.7 Å². The van der Waals surface area contributed by atoms with E-state index in [0.29, 0.717) is 5.56 Å². The van der Waals surface area contributed by atoms with Crippen LogP contribution in [0.4, 0.5) is 10.2 Å². The number of hydrogen-bond acceptors (Lipinski definition) is 4. The second kappa shape index (κ2) is 4.09. The first-order valence-corrected chi connectivity index (χ1v) is 6.98. The Labute approximate surface area is 104 Å². The maximum Gasteiger partial charge on any atom is 0.179 e. The summed E-state index contributed by atoms with van der Waals surface area (Å²) in [5, 5.41) is 3.92. The molecule has 0 radical (unpaired) electrons. The number of sulfone groups is 1. The average Bonchev–Trinajstić information content (AvgIpc) is 2.57. The number of nitrogens with zero attached hydrogens (tertiary/aromatic N) is 2. The molecular formula is C11H12FN3O2S. The SMILES string of the molecule is Cn1ncc(-c2cccc(F)c2S(C)(=O)=O)c1N. The molecule has 7 heteroatoms. The zero-order valence-electron chi connectivity index (χ0n) is 9.88. The first kappa shape index (κ1) is 12.6. The summed E-state index contributed by atoms with van der Waals surface area (Å²) in [6, 6.07) is 4.05. The summed E-state index contributed by atoms with van der Waals surface area (Å²) < 4.78 is 38.4. The summed E-state index contributed by atoms with van der Waals surface area (Å²) in [6.45, 7) is 0. The Morgan fingerprint density at radius 2 is 2.00 bits per heavy atom. The first-order chi connectivity index (χ1) is 8.32. The van der Waals surface area contributed by atoms with E-state index in [1.165, 1.54) is 23.0 Å². The lowest BCUT2D eigenvalue weighted by atomic mass is 10.1. The molecule has 2 rings (SSSR count). The highest BCUT2D eigenvalue weighted by Gasteiger charge is 2.22. The van der Waals surface area contributed by atoms with Gasteiger partial charge >= 0.3 is 0 Å². The molecule has 0 bridgehead atoms. The Bertz CT molecular complexity index is 707. The quantitative estimate of drug-likeness (QED) is 0.889. The van der Waals surface area contributed by atoms with Crippen LogP contribution >= 0.6 is 0 Å². The van der Waals surface area contributed by atoms with E-state index >= 15 is 0 Å². The lowest BCUT2D eigenvalue weighted by molar-refractivity contribution is 0.572. The smallest absolute Gasteiger partial charge is 0.179 e. The monoisotopic (exact) mass is 269 g/mol. The fraction of sp³-hybridized carbons (Fsp3) is 0.182. The van der Waals surface area contributed by atoms with Crippen LogP contribution in [0.2, 0.25) is 0 Å². The molecule has 1 aromatic heterocycles. The van der Waals surface area contributed by atoms with Crippen molar-refractivity contribution in [2.75, 3.05) is 12.0 Å². The Balaban J connectivity index is 2.81. The van der Waals surface area contributed by atoms with E-state index in [4.69, 9.17) is 5.73 Å². The molecule has 0 amide bonds. The van der Waals surface area contributed by atoms with Gasteiger partial charge in [-0.05, 0) is 6.07 Å². The first-order valence-electron chi connectivity index (χ1n) is 5.09. The van der Waals surface area contributed by atoms with Gasteiger partial charge in [-0.15, -0.1) is 0 Å². The molecular weight excluding hydrogens is 257 g/mol.